The minimum absolute atomic E-state index is 0.0878. The monoisotopic (exact) mass is 178 g/mol. The van der Waals surface area contributed by atoms with Gasteiger partial charge in [0, 0.05) is 13.0 Å². The van der Waals surface area contributed by atoms with Crippen molar-refractivity contribution in [1.29, 1.82) is 0 Å². The third kappa shape index (κ3) is 1.44. The Kier molecular flexibility index (Phi) is 1.84. The maximum absolute atomic E-state index is 11.3. The summed E-state index contributed by atoms with van der Waals surface area (Å²) in [6.07, 6.45) is 4.49. The number of hydrogen-bond acceptors (Lipinski definition) is 4. The molecular formula is C8H10N4O. The summed E-state index contributed by atoms with van der Waals surface area (Å²) in [6, 6.07) is 0. The van der Waals surface area contributed by atoms with E-state index in [4.69, 9.17) is 5.73 Å². The van der Waals surface area contributed by atoms with Crippen molar-refractivity contribution in [1.82, 2.24) is 9.97 Å². The molecule has 0 aliphatic carbocycles. The van der Waals surface area contributed by atoms with Crippen LogP contribution in [-0.4, -0.2) is 22.4 Å². The molecule has 0 aromatic carbocycles. The van der Waals surface area contributed by atoms with Crippen LogP contribution in [0, 0.1) is 0 Å². The fraction of sp³-hybridized carbons (Fsp3) is 0.375. The Bertz CT molecular complexity index is 321. The van der Waals surface area contributed by atoms with E-state index in [0.29, 0.717) is 24.6 Å². The number of amides is 1. The van der Waals surface area contributed by atoms with Crippen molar-refractivity contribution in [3.8, 4) is 0 Å². The average molecular weight is 178 g/mol. The van der Waals surface area contributed by atoms with Gasteiger partial charge in [-0.2, -0.15) is 0 Å². The first-order chi connectivity index (χ1) is 6.27. The second-order valence-corrected chi connectivity index (χ2v) is 2.97. The number of rotatable bonds is 1. The predicted molar refractivity (Wildman–Crippen MR) is 48.0 cm³/mol. The van der Waals surface area contributed by atoms with Crippen molar-refractivity contribution in [2.75, 3.05) is 17.2 Å². The highest BCUT2D eigenvalue weighted by Crippen LogP contribution is 2.16. The van der Waals surface area contributed by atoms with Crippen LogP contribution < -0.4 is 10.6 Å². The summed E-state index contributed by atoms with van der Waals surface area (Å²) >= 11 is 0. The van der Waals surface area contributed by atoms with Crippen molar-refractivity contribution >= 4 is 17.5 Å². The summed E-state index contributed by atoms with van der Waals surface area (Å²) in [5.41, 5.74) is 5.94. The number of carbonyl (C=O) groups excluding carboxylic acids is 1. The summed E-state index contributed by atoms with van der Waals surface area (Å²) in [5, 5.41) is 0. The molecule has 0 bridgehead atoms. The third-order valence-electron chi connectivity index (χ3n) is 1.97. The largest absolute Gasteiger partial charge is 0.396 e. The van der Waals surface area contributed by atoms with Gasteiger partial charge in [-0.25, -0.2) is 9.97 Å². The van der Waals surface area contributed by atoms with E-state index in [-0.39, 0.29) is 5.91 Å². The van der Waals surface area contributed by atoms with Gasteiger partial charge in [-0.05, 0) is 6.42 Å². The first kappa shape index (κ1) is 7.97. The van der Waals surface area contributed by atoms with Crippen molar-refractivity contribution in [2.45, 2.75) is 12.8 Å². The molecule has 68 valence electrons. The van der Waals surface area contributed by atoms with Crippen molar-refractivity contribution < 1.29 is 4.79 Å². The first-order valence-electron chi connectivity index (χ1n) is 4.15. The number of nitrogens with two attached hydrogens (primary N) is 1. The van der Waals surface area contributed by atoms with Gasteiger partial charge in [-0.1, -0.05) is 0 Å². The van der Waals surface area contributed by atoms with Crippen molar-refractivity contribution in [3.05, 3.63) is 12.4 Å². The van der Waals surface area contributed by atoms with Gasteiger partial charge < -0.3 is 5.73 Å². The molecule has 1 aliphatic heterocycles. The van der Waals surface area contributed by atoms with E-state index in [2.05, 4.69) is 9.97 Å². The van der Waals surface area contributed by atoms with Crippen molar-refractivity contribution in [3.63, 3.8) is 0 Å². The number of nitrogens with zero attached hydrogens (tertiary/aromatic N) is 3. The van der Waals surface area contributed by atoms with Gasteiger partial charge in [0.05, 0.1) is 18.1 Å². The number of carbonyl (C=O) groups is 1. The van der Waals surface area contributed by atoms with Crippen LogP contribution in [0.3, 0.4) is 0 Å². The molecule has 0 saturated carbocycles. The summed E-state index contributed by atoms with van der Waals surface area (Å²) in [7, 11) is 0. The van der Waals surface area contributed by atoms with E-state index >= 15 is 0 Å². The maximum Gasteiger partial charge on any atom is 0.232 e. The fourth-order valence-electron chi connectivity index (χ4n) is 1.33. The quantitative estimate of drug-likeness (QED) is 0.666. The van der Waals surface area contributed by atoms with E-state index in [1.54, 1.807) is 4.90 Å². The van der Waals surface area contributed by atoms with Crippen LogP contribution >= 0.6 is 0 Å². The van der Waals surface area contributed by atoms with Crippen LogP contribution in [0.4, 0.5) is 11.6 Å². The maximum atomic E-state index is 11.3. The molecular weight excluding hydrogens is 168 g/mol. The molecule has 2 N–H and O–H groups in total. The van der Waals surface area contributed by atoms with E-state index < -0.39 is 0 Å². The molecule has 0 unspecified atom stereocenters. The zero-order valence-electron chi connectivity index (χ0n) is 7.10. The Labute approximate surface area is 75.6 Å². The van der Waals surface area contributed by atoms with Gasteiger partial charge in [-0.15, -0.1) is 0 Å². The van der Waals surface area contributed by atoms with Crippen LogP contribution in [0.25, 0.3) is 0 Å². The van der Waals surface area contributed by atoms with Gasteiger partial charge in [0.25, 0.3) is 0 Å². The zero-order valence-corrected chi connectivity index (χ0v) is 7.10. The highest BCUT2D eigenvalue weighted by molar-refractivity contribution is 5.93. The van der Waals surface area contributed by atoms with E-state index in [0.717, 1.165) is 6.42 Å². The van der Waals surface area contributed by atoms with Gasteiger partial charge in [0.2, 0.25) is 11.9 Å². The second-order valence-electron chi connectivity index (χ2n) is 2.97. The lowest BCUT2D eigenvalue weighted by Crippen LogP contribution is -2.25. The van der Waals surface area contributed by atoms with Crippen LogP contribution in [0.2, 0.25) is 0 Å². The summed E-state index contributed by atoms with van der Waals surface area (Å²) in [5.74, 6) is 0.543. The fourth-order valence-corrected chi connectivity index (χ4v) is 1.33. The molecule has 1 fully saturated rings. The standard InChI is InChI=1S/C8H10N4O/c9-6-4-10-8(11-5-6)12-3-1-2-7(12)13/h4-5H,1-3,9H2. The highest BCUT2D eigenvalue weighted by Gasteiger charge is 2.23. The first-order valence-corrected chi connectivity index (χ1v) is 4.15. The van der Waals surface area contributed by atoms with E-state index in [1.165, 1.54) is 12.4 Å². The highest BCUT2D eigenvalue weighted by atomic mass is 16.2. The summed E-state index contributed by atoms with van der Waals surface area (Å²) in [6.45, 7) is 0.711. The van der Waals surface area contributed by atoms with Gasteiger partial charge in [0.15, 0.2) is 0 Å². The number of nitrogen functional groups attached to an aromatic ring is 1. The molecule has 1 aromatic heterocycles. The molecule has 13 heavy (non-hydrogen) atoms. The molecule has 2 heterocycles. The summed E-state index contributed by atoms with van der Waals surface area (Å²) < 4.78 is 0. The Morgan fingerprint density at radius 2 is 2.08 bits per heavy atom. The molecule has 5 heteroatoms. The Hall–Kier alpha value is -1.65. The van der Waals surface area contributed by atoms with Gasteiger partial charge in [0.1, 0.15) is 0 Å². The minimum Gasteiger partial charge on any atom is -0.396 e. The zero-order chi connectivity index (χ0) is 9.26. The Morgan fingerprint density at radius 1 is 1.38 bits per heavy atom. The predicted octanol–water partition coefficient (Wildman–Crippen LogP) is 0.186. The summed E-state index contributed by atoms with van der Waals surface area (Å²) in [4.78, 5) is 20.8. The molecule has 0 spiro atoms. The van der Waals surface area contributed by atoms with Gasteiger partial charge >= 0.3 is 0 Å². The molecule has 1 aromatic rings. The molecule has 2 rings (SSSR count). The average Bonchev–Trinajstić information content (AvgIpc) is 2.53. The number of aromatic nitrogens is 2. The normalized spacial score (nSPS) is 16.6. The van der Waals surface area contributed by atoms with Gasteiger partial charge in [-0.3, -0.25) is 9.69 Å². The molecule has 0 radical (unpaired) electrons. The Morgan fingerprint density at radius 3 is 2.62 bits per heavy atom. The lowest BCUT2D eigenvalue weighted by atomic mass is 10.4. The smallest absolute Gasteiger partial charge is 0.232 e. The van der Waals surface area contributed by atoms with Crippen LogP contribution in [0.1, 0.15) is 12.8 Å². The van der Waals surface area contributed by atoms with Crippen LogP contribution in [0.5, 0.6) is 0 Å². The topological polar surface area (TPSA) is 72.1 Å². The Balaban J connectivity index is 2.25. The SMILES string of the molecule is Nc1cnc(N2CCCC2=O)nc1. The molecule has 0 atom stereocenters. The number of anilines is 2. The van der Waals surface area contributed by atoms with Crippen molar-refractivity contribution in [2.24, 2.45) is 0 Å². The molecule has 5 nitrogen and oxygen atoms in total. The third-order valence-corrected chi connectivity index (χ3v) is 1.97. The molecule has 1 amide bonds. The second kappa shape index (κ2) is 3.01. The lowest BCUT2D eigenvalue weighted by molar-refractivity contribution is -0.117. The molecule has 1 aliphatic rings. The molecule has 1 saturated heterocycles. The number of hydrogen-bond donors (Lipinski definition) is 1. The van der Waals surface area contributed by atoms with Crippen LogP contribution in [0.15, 0.2) is 12.4 Å². The van der Waals surface area contributed by atoms with E-state index in [1.807, 2.05) is 0 Å². The van der Waals surface area contributed by atoms with Crippen LogP contribution in [-0.2, 0) is 4.79 Å². The lowest BCUT2D eigenvalue weighted by Gasteiger charge is -2.11. The van der Waals surface area contributed by atoms with E-state index in [9.17, 15) is 4.79 Å². The minimum atomic E-state index is 0.0878.